The summed E-state index contributed by atoms with van der Waals surface area (Å²) in [6.45, 7) is 1.85. The summed E-state index contributed by atoms with van der Waals surface area (Å²) in [5.41, 5.74) is 6.88. The maximum atomic E-state index is 12.9. The third-order valence-corrected chi connectivity index (χ3v) is 4.35. The molecule has 1 amide bonds. The van der Waals surface area contributed by atoms with E-state index in [9.17, 15) is 13.6 Å². The summed E-state index contributed by atoms with van der Waals surface area (Å²) in [5.74, 6) is -0.896. The molecule has 4 heteroatoms. The van der Waals surface area contributed by atoms with Crippen LogP contribution in [0.5, 0.6) is 0 Å². The second-order valence-corrected chi connectivity index (χ2v) is 6.18. The van der Waals surface area contributed by atoms with Gasteiger partial charge in [0.1, 0.15) is 11.6 Å². The van der Waals surface area contributed by atoms with E-state index in [1.165, 1.54) is 24.3 Å². The number of rotatable bonds is 7. The molecule has 122 valence electrons. The SMILES string of the molecule is CC(CCc1ccc(F)cc1)(CCc1ccc(F)cc1)C(N)=O. The highest BCUT2D eigenvalue weighted by atomic mass is 19.1. The monoisotopic (exact) mass is 317 g/mol. The Kier molecular flexibility index (Phi) is 5.48. The average Bonchev–Trinajstić information content (AvgIpc) is 2.53. The van der Waals surface area contributed by atoms with E-state index in [0.717, 1.165) is 11.1 Å². The highest BCUT2D eigenvalue weighted by molar-refractivity contribution is 5.80. The van der Waals surface area contributed by atoms with Gasteiger partial charge in [0.15, 0.2) is 0 Å². The van der Waals surface area contributed by atoms with Gasteiger partial charge in [-0.1, -0.05) is 31.2 Å². The van der Waals surface area contributed by atoms with Gasteiger partial charge in [0, 0.05) is 5.41 Å². The van der Waals surface area contributed by atoms with E-state index in [4.69, 9.17) is 5.73 Å². The van der Waals surface area contributed by atoms with Gasteiger partial charge in [-0.3, -0.25) is 4.79 Å². The van der Waals surface area contributed by atoms with Crippen LogP contribution in [0.1, 0.15) is 30.9 Å². The summed E-state index contributed by atoms with van der Waals surface area (Å²) in [4.78, 5) is 11.9. The standard InChI is InChI=1S/C19H21F2NO/c1-19(18(22)23,12-10-14-2-6-16(20)7-3-14)13-11-15-4-8-17(21)9-5-15/h2-9H,10-13H2,1H3,(H2,22,23). The zero-order chi connectivity index (χ0) is 16.9. The van der Waals surface area contributed by atoms with Crippen molar-refractivity contribution in [3.63, 3.8) is 0 Å². The van der Waals surface area contributed by atoms with E-state index in [2.05, 4.69) is 0 Å². The van der Waals surface area contributed by atoms with Crippen LogP contribution in [-0.4, -0.2) is 5.91 Å². The molecule has 0 aliphatic heterocycles. The topological polar surface area (TPSA) is 43.1 Å². The van der Waals surface area contributed by atoms with Gasteiger partial charge in [0.25, 0.3) is 0 Å². The number of halogens is 2. The summed E-state index contributed by atoms with van der Waals surface area (Å²) in [6, 6.07) is 12.5. The van der Waals surface area contributed by atoms with Crippen molar-refractivity contribution in [3.05, 3.63) is 71.3 Å². The molecule has 2 rings (SSSR count). The van der Waals surface area contributed by atoms with E-state index >= 15 is 0 Å². The Morgan fingerprint density at radius 1 is 0.870 bits per heavy atom. The predicted molar refractivity (Wildman–Crippen MR) is 86.7 cm³/mol. The first kappa shape index (κ1) is 17.1. The van der Waals surface area contributed by atoms with Crippen LogP contribution in [0.25, 0.3) is 0 Å². The summed E-state index contributed by atoms with van der Waals surface area (Å²) in [7, 11) is 0. The third-order valence-electron chi connectivity index (χ3n) is 4.35. The quantitative estimate of drug-likeness (QED) is 0.823. The van der Waals surface area contributed by atoms with Crippen molar-refractivity contribution in [2.24, 2.45) is 11.1 Å². The Morgan fingerprint density at radius 2 is 1.22 bits per heavy atom. The predicted octanol–water partition coefficient (Wildman–Crippen LogP) is 4.02. The highest BCUT2D eigenvalue weighted by Gasteiger charge is 2.30. The molecule has 0 spiro atoms. The van der Waals surface area contributed by atoms with Gasteiger partial charge >= 0.3 is 0 Å². The fourth-order valence-electron chi connectivity index (χ4n) is 2.51. The van der Waals surface area contributed by atoms with E-state index in [1.54, 1.807) is 24.3 Å². The van der Waals surface area contributed by atoms with Crippen molar-refractivity contribution < 1.29 is 13.6 Å². The Balaban J connectivity index is 1.98. The van der Waals surface area contributed by atoms with E-state index in [1.807, 2.05) is 6.92 Å². The minimum atomic E-state index is -0.650. The number of benzene rings is 2. The minimum absolute atomic E-state index is 0.275. The molecule has 0 aromatic heterocycles. The summed E-state index contributed by atoms with van der Waals surface area (Å²) in [6.07, 6.45) is 2.50. The van der Waals surface area contributed by atoms with Crippen LogP contribution in [0.3, 0.4) is 0 Å². The van der Waals surface area contributed by atoms with Crippen LogP contribution in [0.2, 0.25) is 0 Å². The van der Waals surface area contributed by atoms with Gasteiger partial charge in [0.05, 0.1) is 0 Å². The molecule has 0 saturated heterocycles. The molecule has 2 aromatic carbocycles. The van der Waals surface area contributed by atoms with Crippen molar-refractivity contribution in [2.75, 3.05) is 0 Å². The molecule has 0 unspecified atom stereocenters. The molecule has 23 heavy (non-hydrogen) atoms. The zero-order valence-corrected chi connectivity index (χ0v) is 13.2. The number of nitrogens with two attached hydrogens (primary N) is 1. The fourth-order valence-corrected chi connectivity index (χ4v) is 2.51. The fraction of sp³-hybridized carbons (Fsp3) is 0.316. The smallest absolute Gasteiger partial charge is 0.223 e. The Bertz CT molecular complexity index is 601. The molecule has 0 heterocycles. The van der Waals surface area contributed by atoms with Gasteiger partial charge in [-0.05, 0) is 61.1 Å². The molecule has 0 aliphatic carbocycles. The lowest BCUT2D eigenvalue weighted by atomic mass is 9.78. The number of hydrogen-bond acceptors (Lipinski definition) is 1. The summed E-state index contributed by atoms with van der Waals surface area (Å²) in [5, 5.41) is 0. The van der Waals surface area contributed by atoms with Crippen molar-refractivity contribution in [3.8, 4) is 0 Å². The lowest BCUT2D eigenvalue weighted by Crippen LogP contribution is -2.35. The third kappa shape index (κ3) is 4.88. The molecule has 0 aliphatic rings. The maximum Gasteiger partial charge on any atom is 0.223 e. The Labute approximate surface area is 135 Å². The lowest BCUT2D eigenvalue weighted by molar-refractivity contribution is -0.127. The van der Waals surface area contributed by atoms with Crippen LogP contribution in [0, 0.1) is 17.0 Å². The minimum Gasteiger partial charge on any atom is -0.369 e. The Morgan fingerprint density at radius 3 is 1.52 bits per heavy atom. The lowest BCUT2D eigenvalue weighted by Gasteiger charge is -2.26. The molecule has 0 fully saturated rings. The average molecular weight is 317 g/mol. The van der Waals surface area contributed by atoms with Crippen LogP contribution in [0.4, 0.5) is 8.78 Å². The highest BCUT2D eigenvalue weighted by Crippen LogP contribution is 2.29. The number of aryl methyl sites for hydroxylation is 2. The summed E-state index contributed by atoms with van der Waals surface area (Å²) >= 11 is 0. The second kappa shape index (κ2) is 7.36. The van der Waals surface area contributed by atoms with Gasteiger partial charge in [-0.25, -0.2) is 8.78 Å². The number of carbonyl (C=O) groups excluding carboxylic acids is 1. The molecule has 0 radical (unpaired) electrons. The number of primary amides is 1. The normalized spacial score (nSPS) is 11.4. The molecule has 2 aromatic rings. The summed E-state index contributed by atoms with van der Waals surface area (Å²) < 4.78 is 25.9. The maximum absolute atomic E-state index is 12.9. The Hall–Kier alpha value is -2.23. The number of amides is 1. The molecule has 0 saturated carbocycles. The van der Waals surface area contributed by atoms with Crippen LogP contribution >= 0.6 is 0 Å². The first-order valence-electron chi connectivity index (χ1n) is 7.68. The second-order valence-electron chi connectivity index (χ2n) is 6.18. The molecule has 0 bridgehead atoms. The molecule has 0 atom stereocenters. The largest absolute Gasteiger partial charge is 0.369 e. The molecule has 2 nitrogen and oxygen atoms in total. The van der Waals surface area contributed by atoms with Crippen molar-refractivity contribution in [1.82, 2.24) is 0 Å². The van der Waals surface area contributed by atoms with Gasteiger partial charge < -0.3 is 5.73 Å². The first-order chi connectivity index (χ1) is 10.9. The van der Waals surface area contributed by atoms with Crippen molar-refractivity contribution in [1.29, 1.82) is 0 Å². The van der Waals surface area contributed by atoms with E-state index in [-0.39, 0.29) is 17.5 Å². The zero-order valence-electron chi connectivity index (χ0n) is 13.2. The van der Waals surface area contributed by atoms with Crippen molar-refractivity contribution >= 4 is 5.91 Å². The van der Waals surface area contributed by atoms with Crippen LogP contribution < -0.4 is 5.73 Å². The number of carbonyl (C=O) groups is 1. The van der Waals surface area contributed by atoms with Crippen LogP contribution in [-0.2, 0) is 17.6 Å². The molecule has 2 N–H and O–H groups in total. The van der Waals surface area contributed by atoms with Crippen LogP contribution in [0.15, 0.2) is 48.5 Å². The van der Waals surface area contributed by atoms with E-state index in [0.29, 0.717) is 25.7 Å². The van der Waals surface area contributed by atoms with Gasteiger partial charge in [-0.2, -0.15) is 0 Å². The first-order valence-corrected chi connectivity index (χ1v) is 7.68. The molecular weight excluding hydrogens is 296 g/mol. The van der Waals surface area contributed by atoms with Crippen molar-refractivity contribution in [2.45, 2.75) is 32.6 Å². The van der Waals surface area contributed by atoms with Gasteiger partial charge in [0.2, 0.25) is 5.91 Å². The van der Waals surface area contributed by atoms with Gasteiger partial charge in [-0.15, -0.1) is 0 Å². The van der Waals surface area contributed by atoms with E-state index < -0.39 is 5.41 Å². The molecular formula is C19H21F2NO. The number of hydrogen-bond donors (Lipinski definition) is 1.